The molecule has 0 spiro atoms. The fourth-order valence-electron chi connectivity index (χ4n) is 1.63. The van der Waals surface area contributed by atoms with Gasteiger partial charge in [-0.1, -0.05) is 27.7 Å². The maximum atomic E-state index is 11.7. The van der Waals surface area contributed by atoms with E-state index in [2.05, 4.69) is 0 Å². The Kier molecular flexibility index (Phi) is 3.27. The highest BCUT2D eigenvalue weighted by atomic mass is 16.3. The lowest BCUT2D eigenvalue weighted by Crippen LogP contribution is -2.14. The largest absolute Gasteiger partial charge is 0.507 e. The molecule has 0 unspecified atom stereocenters. The van der Waals surface area contributed by atoms with Gasteiger partial charge in [-0.25, -0.2) is 0 Å². The lowest BCUT2D eigenvalue weighted by atomic mass is 9.84. The zero-order valence-corrected chi connectivity index (χ0v) is 10.3. The molecule has 0 bridgehead atoms. The molecule has 1 aromatic carbocycles. The summed E-state index contributed by atoms with van der Waals surface area (Å²) in [6.07, 6.45) is 0.362. The molecule has 0 saturated carbocycles. The van der Waals surface area contributed by atoms with E-state index in [1.54, 1.807) is 13.0 Å². The minimum Gasteiger partial charge on any atom is -0.507 e. The summed E-state index contributed by atoms with van der Waals surface area (Å²) in [5, 5.41) is 10.1. The first-order valence-electron chi connectivity index (χ1n) is 5.43. The number of rotatable bonds is 2. The van der Waals surface area contributed by atoms with E-state index >= 15 is 0 Å². The molecule has 0 aliphatic heterocycles. The van der Waals surface area contributed by atoms with Crippen molar-refractivity contribution in [3.8, 4) is 5.75 Å². The standard InChI is InChI=1S/C13H19NO2/c1-5-11(15)9-6-8(14)7-10(12(9)16)13(2,3)4/h6-7,16H,5,14H2,1-4H3. The predicted molar refractivity (Wildman–Crippen MR) is 65.8 cm³/mol. The fourth-order valence-corrected chi connectivity index (χ4v) is 1.63. The van der Waals surface area contributed by atoms with Gasteiger partial charge < -0.3 is 10.8 Å². The van der Waals surface area contributed by atoms with Crippen molar-refractivity contribution in [3.63, 3.8) is 0 Å². The van der Waals surface area contributed by atoms with Gasteiger partial charge in [0.2, 0.25) is 0 Å². The van der Waals surface area contributed by atoms with Crippen molar-refractivity contribution in [2.24, 2.45) is 0 Å². The zero-order valence-electron chi connectivity index (χ0n) is 10.3. The van der Waals surface area contributed by atoms with Gasteiger partial charge >= 0.3 is 0 Å². The van der Waals surface area contributed by atoms with E-state index in [0.29, 0.717) is 23.2 Å². The van der Waals surface area contributed by atoms with Crippen molar-refractivity contribution < 1.29 is 9.90 Å². The number of phenols is 1. The number of hydrogen-bond acceptors (Lipinski definition) is 3. The molecule has 1 aromatic rings. The molecule has 0 radical (unpaired) electrons. The summed E-state index contributed by atoms with van der Waals surface area (Å²) in [7, 11) is 0. The summed E-state index contributed by atoms with van der Waals surface area (Å²) < 4.78 is 0. The number of aromatic hydroxyl groups is 1. The van der Waals surface area contributed by atoms with Crippen molar-refractivity contribution >= 4 is 11.5 Å². The van der Waals surface area contributed by atoms with E-state index in [4.69, 9.17) is 5.73 Å². The van der Waals surface area contributed by atoms with Gasteiger partial charge in [-0.3, -0.25) is 4.79 Å². The Balaban J connectivity index is 3.44. The van der Waals surface area contributed by atoms with Gasteiger partial charge in [-0.15, -0.1) is 0 Å². The molecule has 0 aliphatic rings. The number of nitrogens with two attached hydrogens (primary N) is 1. The Bertz CT molecular complexity index is 417. The molecule has 0 saturated heterocycles. The molecule has 3 nitrogen and oxygen atoms in total. The van der Waals surface area contributed by atoms with Crippen LogP contribution in [-0.4, -0.2) is 10.9 Å². The second-order valence-corrected chi connectivity index (χ2v) is 4.99. The highest BCUT2D eigenvalue weighted by Crippen LogP contribution is 2.35. The number of ketones is 1. The fraction of sp³-hybridized carbons (Fsp3) is 0.462. The minimum atomic E-state index is -0.234. The third-order valence-corrected chi connectivity index (χ3v) is 2.56. The van der Waals surface area contributed by atoms with Crippen LogP contribution in [0.2, 0.25) is 0 Å². The summed E-state index contributed by atoms with van der Waals surface area (Å²) in [5.74, 6) is -0.0242. The van der Waals surface area contributed by atoms with Crippen LogP contribution in [0.1, 0.15) is 50.0 Å². The Morgan fingerprint density at radius 3 is 2.38 bits per heavy atom. The second-order valence-electron chi connectivity index (χ2n) is 4.99. The lowest BCUT2D eigenvalue weighted by Gasteiger charge is -2.22. The number of carbonyl (C=O) groups excluding carboxylic acids is 1. The molecule has 0 atom stereocenters. The number of phenolic OH excluding ortho intramolecular Hbond substituents is 1. The Labute approximate surface area is 96.3 Å². The number of anilines is 1. The molecular weight excluding hydrogens is 202 g/mol. The minimum absolute atomic E-state index is 0.0635. The monoisotopic (exact) mass is 221 g/mol. The van der Waals surface area contributed by atoms with E-state index in [1.165, 1.54) is 6.07 Å². The average Bonchev–Trinajstić information content (AvgIpc) is 2.18. The summed E-state index contributed by atoms with van der Waals surface area (Å²) in [6.45, 7) is 7.69. The quantitative estimate of drug-likeness (QED) is 0.458. The molecule has 0 aliphatic carbocycles. The third-order valence-electron chi connectivity index (χ3n) is 2.56. The zero-order chi connectivity index (χ0) is 12.5. The topological polar surface area (TPSA) is 63.3 Å². The first kappa shape index (κ1) is 12.6. The maximum absolute atomic E-state index is 11.7. The average molecular weight is 221 g/mol. The molecule has 0 heterocycles. The van der Waals surface area contributed by atoms with E-state index in [1.807, 2.05) is 20.8 Å². The van der Waals surface area contributed by atoms with Gasteiger partial charge in [-0.2, -0.15) is 0 Å². The van der Waals surface area contributed by atoms with E-state index in [-0.39, 0.29) is 16.9 Å². The van der Waals surface area contributed by atoms with Gasteiger partial charge in [0.05, 0.1) is 5.56 Å². The van der Waals surface area contributed by atoms with Gasteiger partial charge in [-0.05, 0) is 17.5 Å². The van der Waals surface area contributed by atoms with Crippen LogP contribution in [0.4, 0.5) is 5.69 Å². The Hall–Kier alpha value is -1.51. The van der Waals surface area contributed by atoms with Crippen molar-refractivity contribution in [1.29, 1.82) is 0 Å². The number of hydrogen-bond donors (Lipinski definition) is 2. The van der Waals surface area contributed by atoms with Crippen molar-refractivity contribution in [1.82, 2.24) is 0 Å². The molecular formula is C13H19NO2. The summed E-state index contributed by atoms with van der Waals surface area (Å²) >= 11 is 0. The third kappa shape index (κ3) is 2.35. The van der Waals surface area contributed by atoms with Gasteiger partial charge in [0.15, 0.2) is 5.78 Å². The van der Waals surface area contributed by atoms with Crippen LogP contribution in [0.25, 0.3) is 0 Å². The Morgan fingerprint density at radius 1 is 1.38 bits per heavy atom. The highest BCUT2D eigenvalue weighted by Gasteiger charge is 2.22. The molecule has 88 valence electrons. The highest BCUT2D eigenvalue weighted by molar-refractivity contribution is 5.99. The first-order valence-corrected chi connectivity index (χ1v) is 5.43. The second kappa shape index (κ2) is 4.16. The van der Waals surface area contributed by atoms with Crippen LogP contribution in [0.3, 0.4) is 0 Å². The van der Waals surface area contributed by atoms with E-state index in [0.717, 1.165) is 0 Å². The molecule has 0 amide bonds. The van der Waals surface area contributed by atoms with E-state index < -0.39 is 0 Å². The van der Waals surface area contributed by atoms with E-state index in [9.17, 15) is 9.90 Å². The SMILES string of the molecule is CCC(=O)c1cc(N)cc(C(C)(C)C)c1O. The molecule has 0 aromatic heterocycles. The molecule has 1 rings (SSSR count). The maximum Gasteiger partial charge on any atom is 0.166 e. The smallest absolute Gasteiger partial charge is 0.166 e. The van der Waals surface area contributed by atoms with Gasteiger partial charge in [0, 0.05) is 17.7 Å². The van der Waals surface area contributed by atoms with Gasteiger partial charge in [0.25, 0.3) is 0 Å². The molecule has 16 heavy (non-hydrogen) atoms. The van der Waals surface area contributed by atoms with Crippen LogP contribution in [0.15, 0.2) is 12.1 Å². The Morgan fingerprint density at radius 2 is 1.94 bits per heavy atom. The van der Waals surface area contributed by atoms with Crippen molar-refractivity contribution in [2.75, 3.05) is 5.73 Å². The predicted octanol–water partition coefficient (Wildman–Crippen LogP) is 2.86. The van der Waals surface area contributed by atoms with Crippen LogP contribution < -0.4 is 5.73 Å². The molecule has 3 N–H and O–H groups in total. The van der Waals surface area contributed by atoms with Crippen LogP contribution in [0, 0.1) is 0 Å². The first-order chi connectivity index (χ1) is 7.27. The molecule has 0 fully saturated rings. The summed E-state index contributed by atoms with van der Waals surface area (Å²) in [6, 6.07) is 3.26. The van der Waals surface area contributed by atoms with Crippen LogP contribution in [0.5, 0.6) is 5.75 Å². The normalized spacial score (nSPS) is 11.5. The van der Waals surface area contributed by atoms with Crippen molar-refractivity contribution in [2.45, 2.75) is 39.5 Å². The number of benzene rings is 1. The lowest BCUT2D eigenvalue weighted by molar-refractivity contribution is 0.0985. The van der Waals surface area contributed by atoms with Crippen LogP contribution in [-0.2, 0) is 5.41 Å². The number of nitrogen functional groups attached to an aromatic ring is 1. The molecule has 3 heteroatoms. The number of carbonyl (C=O) groups is 1. The summed E-state index contributed by atoms with van der Waals surface area (Å²) in [4.78, 5) is 11.7. The number of Topliss-reactive ketones (excluding diaryl/α,β-unsaturated/α-hetero) is 1. The van der Waals surface area contributed by atoms with Crippen LogP contribution >= 0.6 is 0 Å². The van der Waals surface area contributed by atoms with Crippen molar-refractivity contribution in [3.05, 3.63) is 23.3 Å². The summed E-state index contributed by atoms with van der Waals surface area (Å²) in [5.41, 5.74) is 7.07. The van der Waals surface area contributed by atoms with Gasteiger partial charge in [0.1, 0.15) is 5.75 Å².